The maximum atomic E-state index is 9.28. The summed E-state index contributed by atoms with van der Waals surface area (Å²) in [4.78, 5) is 6.58. The third kappa shape index (κ3) is 2.93. The normalized spacial score (nSPS) is 13.7. The van der Waals surface area contributed by atoms with E-state index in [2.05, 4.69) is 28.1 Å². The van der Waals surface area contributed by atoms with Crippen LogP contribution in [-0.4, -0.2) is 32.3 Å². The van der Waals surface area contributed by atoms with E-state index in [9.17, 15) is 5.26 Å². The molecule has 0 aliphatic carbocycles. The third-order valence-corrected chi connectivity index (χ3v) is 4.21. The molecule has 0 fully saturated rings. The fraction of sp³-hybridized carbons (Fsp3) is 0.333. The van der Waals surface area contributed by atoms with Crippen LogP contribution >= 0.6 is 0 Å². The summed E-state index contributed by atoms with van der Waals surface area (Å²) in [6, 6.07) is 9.95. The van der Waals surface area contributed by atoms with Gasteiger partial charge in [0.05, 0.1) is 19.8 Å². The lowest BCUT2D eigenvalue weighted by Gasteiger charge is -2.22. The van der Waals surface area contributed by atoms with E-state index in [4.69, 9.17) is 9.47 Å². The van der Waals surface area contributed by atoms with Gasteiger partial charge >= 0.3 is 0 Å². The zero-order valence-electron chi connectivity index (χ0n) is 13.4. The van der Waals surface area contributed by atoms with Crippen LogP contribution in [0.15, 0.2) is 30.5 Å². The molecule has 23 heavy (non-hydrogen) atoms. The van der Waals surface area contributed by atoms with E-state index in [-0.39, 0.29) is 0 Å². The molecule has 0 saturated carbocycles. The Balaban J connectivity index is 1.89. The van der Waals surface area contributed by atoms with Gasteiger partial charge in [-0.3, -0.25) is 0 Å². The molecular formula is C18H19N3O2. The topological polar surface area (TPSA) is 58.4 Å². The van der Waals surface area contributed by atoms with E-state index in [0.29, 0.717) is 5.56 Å². The maximum Gasteiger partial charge on any atom is 0.161 e. The maximum absolute atomic E-state index is 9.28. The van der Waals surface area contributed by atoms with Crippen LogP contribution in [0.3, 0.4) is 0 Å². The Morgan fingerprint density at radius 3 is 2.22 bits per heavy atom. The molecular weight excluding hydrogens is 290 g/mol. The minimum atomic E-state index is 0.619. The second kappa shape index (κ2) is 6.57. The predicted molar refractivity (Wildman–Crippen MR) is 88.1 cm³/mol. The van der Waals surface area contributed by atoms with Crippen molar-refractivity contribution in [2.45, 2.75) is 12.8 Å². The summed E-state index contributed by atoms with van der Waals surface area (Å²) in [5.74, 6) is 2.28. The molecule has 5 nitrogen and oxygen atoms in total. The van der Waals surface area contributed by atoms with E-state index in [1.54, 1.807) is 26.5 Å². The van der Waals surface area contributed by atoms with Gasteiger partial charge in [0.25, 0.3) is 0 Å². The Bertz CT molecular complexity index is 717. The second-order valence-electron chi connectivity index (χ2n) is 5.45. The lowest BCUT2D eigenvalue weighted by atomic mass is 10.0. The molecule has 5 heteroatoms. The monoisotopic (exact) mass is 309 g/mol. The first-order valence-corrected chi connectivity index (χ1v) is 7.60. The van der Waals surface area contributed by atoms with Crippen molar-refractivity contribution >= 4 is 5.82 Å². The van der Waals surface area contributed by atoms with Gasteiger partial charge in [0.15, 0.2) is 11.5 Å². The van der Waals surface area contributed by atoms with Crippen molar-refractivity contribution < 1.29 is 9.47 Å². The molecule has 0 atom stereocenters. The van der Waals surface area contributed by atoms with Crippen molar-refractivity contribution in [3.05, 3.63) is 47.2 Å². The Hall–Kier alpha value is -2.74. The van der Waals surface area contributed by atoms with E-state index in [0.717, 1.165) is 43.2 Å². The van der Waals surface area contributed by atoms with Gasteiger partial charge in [0.1, 0.15) is 11.9 Å². The van der Waals surface area contributed by atoms with Gasteiger partial charge in [-0.1, -0.05) is 0 Å². The van der Waals surface area contributed by atoms with Gasteiger partial charge in [-0.15, -0.1) is 0 Å². The molecule has 0 N–H and O–H groups in total. The van der Waals surface area contributed by atoms with Gasteiger partial charge in [-0.05, 0) is 48.2 Å². The first-order chi connectivity index (χ1) is 11.3. The van der Waals surface area contributed by atoms with Crippen LogP contribution in [0.1, 0.15) is 16.7 Å². The molecule has 2 heterocycles. The number of rotatable bonds is 3. The smallest absolute Gasteiger partial charge is 0.161 e. The van der Waals surface area contributed by atoms with Crippen LogP contribution in [0.4, 0.5) is 5.82 Å². The summed E-state index contributed by atoms with van der Waals surface area (Å²) in [6.07, 6.45) is 3.51. The number of fused-ring (bicyclic) bond motifs is 1. The average Bonchev–Trinajstić information content (AvgIpc) is 2.82. The highest BCUT2D eigenvalue weighted by atomic mass is 16.5. The molecule has 0 unspecified atom stereocenters. The molecule has 3 rings (SSSR count). The predicted octanol–water partition coefficient (Wildman–Crippen LogP) is 2.58. The van der Waals surface area contributed by atoms with E-state index in [1.165, 1.54) is 11.1 Å². The Morgan fingerprint density at radius 2 is 1.70 bits per heavy atom. The van der Waals surface area contributed by atoms with Crippen LogP contribution in [-0.2, 0) is 12.8 Å². The van der Waals surface area contributed by atoms with Crippen molar-refractivity contribution in [1.82, 2.24) is 4.98 Å². The van der Waals surface area contributed by atoms with Crippen molar-refractivity contribution in [2.75, 3.05) is 32.2 Å². The van der Waals surface area contributed by atoms with E-state index < -0.39 is 0 Å². The number of methoxy groups -OCH3 is 2. The van der Waals surface area contributed by atoms with Gasteiger partial charge in [-0.2, -0.15) is 5.26 Å². The number of anilines is 1. The SMILES string of the molecule is COc1cc2c(cc1OC)CCN(c1ncccc1C#N)CC2. The molecule has 1 aliphatic heterocycles. The van der Waals surface area contributed by atoms with Gasteiger partial charge in [0.2, 0.25) is 0 Å². The minimum absolute atomic E-state index is 0.619. The fourth-order valence-electron chi connectivity index (χ4n) is 3.00. The minimum Gasteiger partial charge on any atom is -0.493 e. The number of nitrogens with zero attached hydrogens (tertiary/aromatic N) is 3. The zero-order chi connectivity index (χ0) is 16.2. The molecule has 118 valence electrons. The first kappa shape index (κ1) is 15.2. The molecule has 2 aromatic rings. The lowest BCUT2D eigenvalue weighted by Crippen LogP contribution is -2.27. The Kier molecular flexibility index (Phi) is 4.33. The summed E-state index contributed by atoms with van der Waals surface area (Å²) in [5.41, 5.74) is 3.15. The number of benzene rings is 1. The Morgan fingerprint density at radius 1 is 1.09 bits per heavy atom. The van der Waals surface area contributed by atoms with Crippen molar-refractivity contribution in [2.24, 2.45) is 0 Å². The molecule has 1 aromatic carbocycles. The number of hydrogen-bond donors (Lipinski definition) is 0. The molecule has 0 amide bonds. The molecule has 1 aromatic heterocycles. The van der Waals surface area contributed by atoms with Gasteiger partial charge in [-0.25, -0.2) is 4.98 Å². The number of aromatic nitrogens is 1. The summed E-state index contributed by atoms with van der Waals surface area (Å²) < 4.78 is 10.8. The lowest BCUT2D eigenvalue weighted by molar-refractivity contribution is 0.354. The largest absolute Gasteiger partial charge is 0.493 e. The number of pyridine rings is 1. The average molecular weight is 309 g/mol. The van der Waals surface area contributed by atoms with Crippen LogP contribution in [0.2, 0.25) is 0 Å². The molecule has 0 bridgehead atoms. The highest BCUT2D eigenvalue weighted by molar-refractivity contribution is 5.55. The number of ether oxygens (including phenoxy) is 2. The number of hydrogen-bond acceptors (Lipinski definition) is 5. The van der Waals surface area contributed by atoms with E-state index in [1.807, 2.05) is 6.07 Å². The molecule has 1 aliphatic rings. The summed E-state index contributed by atoms with van der Waals surface area (Å²) >= 11 is 0. The van der Waals surface area contributed by atoms with Crippen LogP contribution in [0, 0.1) is 11.3 Å². The Labute approximate surface area is 136 Å². The highest BCUT2D eigenvalue weighted by Gasteiger charge is 2.19. The summed E-state index contributed by atoms with van der Waals surface area (Å²) in [7, 11) is 3.31. The van der Waals surface area contributed by atoms with Crippen LogP contribution in [0.25, 0.3) is 0 Å². The second-order valence-corrected chi connectivity index (χ2v) is 5.45. The van der Waals surface area contributed by atoms with Crippen molar-refractivity contribution in [1.29, 1.82) is 5.26 Å². The summed E-state index contributed by atoms with van der Waals surface area (Å²) in [5, 5.41) is 9.28. The first-order valence-electron chi connectivity index (χ1n) is 7.60. The van der Waals surface area contributed by atoms with Crippen molar-refractivity contribution in [3.63, 3.8) is 0 Å². The quantitative estimate of drug-likeness (QED) is 0.872. The third-order valence-electron chi connectivity index (χ3n) is 4.21. The fourth-order valence-corrected chi connectivity index (χ4v) is 3.00. The van der Waals surface area contributed by atoms with Gasteiger partial charge < -0.3 is 14.4 Å². The van der Waals surface area contributed by atoms with E-state index >= 15 is 0 Å². The van der Waals surface area contributed by atoms with Crippen LogP contribution in [0.5, 0.6) is 11.5 Å². The highest BCUT2D eigenvalue weighted by Crippen LogP contribution is 2.32. The van der Waals surface area contributed by atoms with Crippen LogP contribution < -0.4 is 14.4 Å². The zero-order valence-corrected chi connectivity index (χ0v) is 13.4. The molecule has 0 spiro atoms. The standard InChI is InChI=1S/C18H19N3O2/c1-22-16-10-13-5-8-21(9-6-14(13)11-17(16)23-2)18-15(12-19)4-3-7-20-18/h3-4,7,10-11H,5-6,8-9H2,1-2H3. The summed E-state index contributed by atoms with van der Waals surface area (Å²) in [6.45, 7) is 1.66. The van der Waals surface area contributed by atoms with Gasteiger partial charge in [0, 0.05) is 19.3 Å². The molecule has 0 radical (unpaired) electrons. The van der Waals surface area contributed by atoms with Crippen molar-refractivity contribution in [3.8, 4) is 17.6 Å². The number of nitriles is 1. The molecule has 0 saturated heterocycles.